The van der Waals surface area contributed by atoms with Crippen molar-refractivity contribution in [3.63, 3.8) is 0 Å². The van der Waals surface area contributed by atoms with E-state index in [4.69, 9.17) is 14.3 Å². The number of urea groups is 1. The maximum Gasteiger partial charge on any atom is 0.340 e. The minimum Gasteiger partial charge on any atom is -0.497 e. The second-order valence-electron chi connectivity index (χ2n) is 11.2. The molecule has 2 N–H and O–H groups in total. The third-order valence-electron chi connectivity index (χ3n) is 7.88. The Hall–Kier alpha value is -5.20. The summed E-state index contributed by atoms with van der Waals surface area (Å²) in [5.74, 6) is 4.56. The zero-order valence-corrected chi connectivity index (χ0v) is 30.2. The van der Waals surface area contributed by atoms with E-state index < -0.39 is 6.03 Å². The monoisotopic (exact) mass is 694 g/mol. The number of piperazine rings is 1. The van der Waals surface area contributed by atoms with Gasteiger partial charge < -0.3 is 29.0 Å². The average molecular weight is 695 g/mol. The molecule has 5 rings (SSSR count). The lowest BCUT2D eigenvalue weighted by Gasteiger charge is -2.33. The number of fused-ring (bicyclic) bond motifs is 1. The Kier molecular flexibility index (Phi) is 17.8. The van der Waals surface area contributed by atoms with Crippen molar-refractivity contribution in [1.29, 1.82) is 0 Å². The molecule has 0 atom stereocenters. The number of carbonyl (C=O) groups excluding carboxylic acids is 5. The molecule has 3 aliphatic rings. The lowest BCUT2D eigenvalue weighted by Crippen LogP contribution is -2.45. The van der Waals surface area contributed by atoms with Gasteiger partial charge in [-0.1, -0.05) is 19.9 Å². The number of hydrogen-bond donors (Lipinski definition) is 2. The number of likely N-dealkylation sites (N-methyl/N-ethyl adjacent to an activating group) is 2. The number of methoxy groups -OCH3 is 2. The minimum absolute atomic E-state index is 0.0240. The SMILES string of the molecule is CC=O.CCN1CCN(CC)CC1.COc1ccc(N2CCCC2=O)nc1C#CN(C)NC(=O)NC=O.COc1ccc2c(c1)C(=O)N(C)C2. The van der Waals surface area contributed by atoms with E-state index in [2.05, 4.69) is 46.0 Å². The molecule has 4 heterocycles. The van der Waals surface area contributed by atoms with Gasteiger partial charge in [0.05, 0.1) is 14.2 Å². The summed E-state index contributed by atoms with van der Waals surface area (Å²) in [6, 6.07) is 10.9. The summed E-state index contributed by atoms with van der Waals surface area (Å²) in [7, 11) is 6.39. The molecule has 5 amide bonds. The average Bonchev–Trinajstić information content (AvgIpc) is 3.68. The molecule has 272 valence electrons. The van der Waals surface area contributed by atoms with Crippen LogP contribution in [0.4, 0.5) is 10.6 Å². The number of hydrogen-bond acceptors (Lipinski definition) is 11. The highest BCUT2D eigenvalue weighted by Crippen LogP contribution is 2.26. The van der Waals surface area contributed by atoms with Gasteiger partial charge in [-0.3, -0.25) is 24.6 Å². The first-order chi connectivity index (χ1) is 24.0. The molecule has 50 heavy (non-hydrogen) atoms. The van der Waals surface area contributed by atoms with E-state index in [1.807, 2.05) is 17.4 Å². The van der Waals surface area contributed by atoms with Crippen LogP contribution in [-0.4, -0.2) is 129 Å². The molecule has 2 fully saturated rings. The molecule has 0 unspecified atom stereocenters. The summed E-state index contributed by atoms with van der Waals surface area (Å²) in [6.45, 7) is 14.8. The van der Waals surface area contributed by atoms with Crippen LogP contribution in [0.25, 0.3) is 0 Å². The molecule has 1 aromatic heterocycles. The number of nitrogens with one attached hydrogen (secondary N) is 2. The highest BCUT2D eigenvalue weighted by Gasteiger charge is 2.25. The van der Waals surface area contributed by atoms with Gasteiger partial charge in [-0.2, -0.15) is 0 Å². The fraction of sp³-hybridized carbons (Fsp3) is 0.486. The van der Waals surface area contributed by atoms with Crippen LogP contribution in [-0.2, 0) is 20.9 Å². The predicted octanol–water partition coefficient (Wildman–Crippen LogP) is 1.96. The van der Waals surface area contributed by atoms with Crippen LogP contribution < -0.4 is 25.1 Å². The molecule has 3 aliphatic heterocycles. The highest BCUT2D eigenvalue weighted by molar-refractivity contribution is 5.98. The number of nitrogens with zero attached hydrogens (tertiary/aromatic N) is 6. The molecule has 0 spiro atoms. The number of aldehydes is 1. The predicted molar refractivity (Wildman–Crippen MR) is 190 cm³/mol. The van der Waals surface area contributed by atoms with Gasteiger partial charge in [0.25, 0.3) is 5.91 Å². The molecule has 0 bridgehead atoms. The van der Waals surface area contributed by atoms with E-state index in [-0.39, 0.29) is 18.2 Å². The number of imide groups is 1. The van der Waals surface area contributed by atoms with Gasteiger partial charge >= 0.3 is 6.03 Å². The van der Waals surface area contributed by atoms with Gasteiger partial charge in [-0.05, 0) is 62.2 Å². The molecule has 15 nitrogen and oxygen atoms in total. The number of benzene rings is 1. The number of anilines is 1. The summed E-state index contributed by atoms with van der Waals surface area (Å²) >= 11 is 0. The Balaban J connectivity index is 0.000000278. The van der Waals surface area contributed by atoms with Crippen LogP contribution in [0.5, 0.6) is 11.5 Å². The van der Waals surface area contributed by atoms with E-state index in [1.165, 1.54) is 65.4 Å². The number of amides is 5. The van der Waals surface area contributed by atoms with E-state index in [0.717, 1.165) is 29.6 Å². The van der Waals surface area contributed by atoms with Crippen LogP contribution in [0, 0.1) is 12.0 Å². The van der Waals surface area contributed by atoms with Crippen molar-refractivity contribution in [1.82, 2.24) is 35.4 Å². The number of ether oxygens (including phenoxy) is 2. The van der Waals surface area contributed by atoms with Gasteiger partial charge in [0.15, 0.2) is 11.4 Å². The topological polar surface area (TPSA) is 157 Å². The summed E-state index contributed by atoms with van der Waals surface area (Å²) < 4.78 is 10.3. The van der Waals surface area contributed by atoms with Crippen molar-refractivity contribution in [3.8, 4) is 23.5 Å². The lowest BCUT2D eigenvalue weighted by molar-refractivity contribution is -0.117. The molecular formula is C35H50N8O7. The van der Waals surface area contributed by atoms with Crippen molar-refractivity contribution in [2.24, 2.45) is 0 Å². The molecule has 2 saturated heterocycles. The fourth-order valence-electron chi connectivity index (χ4n) is 5.11. The first-order valence-electron chi connectivity index (χ1n) is 16.4. The van der Waals surface area contributed by atoms with Crippen LogP contribution in [0.2, 0.25) is 0 Å². The second-order valence-corrected chi connectivity index (χ2v) is 11.2. The van der Waals surface area contributed by atoms with Crippen molar-refractivity contribution < 1.29 is 33.4 Å². The van der Waals surface area contributed by atoms with E-state index >= 15 is 0 Å². The number of carbonyl (C=O) groups is 5. The number of rotatable bonds is 7. The quantitative estimate of drug-likeness (QED) is 0.189. The van der Waals surface area contributed by atoms with Crippen LogP contribution >= 0.6 is 0 Å². The van der Waals surface area contributed by atoms with Crippen LogP contribution in [0.15, 0.2) is 30.3 Å². The summed E-state index contributed by atoms with van der Waals surface area (Å²) in [6.07, 6.45) is 2.32. The van der Waals surface area contributed by atoms with Crippen molar-refractivity contribution in [2.45, 2.75) is 40.2 Å². The molecule has 1 aromatic carbocycles. The molecule has 15 heteroatoms. The fourth-order valence-corrected chi connectivity index (χ4v) is 5.11. The first-order valence-corrected chi connectivity index (χ1v) is 16.4. The molecule has 0 aliphatic carbocycles. The maximum absolute atomic E-state index is 11.8. The third kappa shape index (κ3) is 12.7. The Bertz CT molecular complexity index is 1490. The highest BCUT2D eigenvalue weighted by atomic mass is 16.5. The Morgan fingerprint density at radius 2 is 1.64 bits per heavy atom. The zero-order chi connectivity index (χ0) is 37.1. The van der Waals surface area contributed by atoms with Gasteiger partial charge in [0.1, 0.15) is 17.9 Å². The molecule has 2 aromatic rings. The lowest BCUT2D eigenvalue weighted by atomic mass is 10.1. The van der Waals surface area contributed by atoms with E-state index in [1.54, 1.807) is 42.2 Å². The third-order valence-corrected chi connectivity index (χ3v) is 7.88. The van der Waals surface area contributed by atoms with Gasteiger partial charge in [0.2, 0.25) is 12.3 Å². The van der Waals surface area contributed by atoms with Gasteiger partial charge in [-0.25, -0.2) is 20.2 Å². The van der Waals surface area contributed by atoms with Crippen molar-refractivity contribution in [3.05, 3.63) is 47.2 Å². The number of hydrazine groups is 1. The Morgan fingerprint density at radius 1 is 1.00 bits per heavy atom. The normalized spacial score (nSPS) is 14.9. The Labute approximate surface area is 294 Å². The smallest absolute Gasteiger partial charge is 0.340 e. The van der Waals surface area contributed by atoms with E-state index in [9.17, 15) is 19.2 Å². The van der Waals surface area contributed by atoms with E-state index in [0.29, 0.717) is 36.8 Å². The second kappa shape index (κ2) is 21.7. The Morgan fingerprint density at radius 3 is 2.16 bits per heavy atom. The van der Waals surface area contributed by atoms with Gasteiger partial charge in [-0.15, -0.1) is 0 Å². The van der Waals surface area contributed by atoms with Crippen molar-refractivity contribution >= 4 is 36.4 Å². The van der Waals surface area contributed by atoms with Gasteiger partial charge in [0, 0.05) is 71.4 Å². The standard InChI is InChI=1S/C15H17N5O4.C10H11NO2.C8H18N2.C2H4O/c1-19(18-15(23)16-10-21)9-7-11-12(24-2)5-6-13(17-11)20-8-3-4-14(20)22;1-11-6-7-3-4-8(13-2)5-9(7)10(11)12;1-3-9-5-7-10(4-2)8-6-9;1-2-3/h5-6,10H,3-4,8H2,1-2H3,(H2,16,18,21,23);3-5H,6H2,1-2H3;3-8H2,1-2H3;2H,1H3. The largest absolute Gasteiger partial charge is 0.497 e. The summed E-state index contributed by atoms with van der Waals surface area (Å²) in [5, 5.41) is 3.10. The first kappa shape index (κ1) is 41.0. The number of aromatic nitrogens is 1. The molecular weight excluding hydrogens is 644 g/mol. The minimum atomic E-state index is -0.710. The van der Waals surface area contributed by atoms with Crippen molar-refractivity contribution in [2.75, 3.05) is 79.0 Å². The summed E-state index contributed by atoms with van der Waals surface area (Å²) in [5.41, 5.74) is 4.49. The maximum atomic E-state index is 11.8. The van der Waals surface area contributed by atoms with Crippen LogP contribution in [0.3, 0.4) is 0 Å². The van der Waals surface area contributed by atoms with Crippen LogP contribution in [0.1, 0.15) is 55.2 Å². The zero-order valence-electron chi connectivity index (χ0n) is 30.2. The molecule has 0 radical (unpaired) electrons. The molecule has 0 saturated carbocycles. The number of pyridine rings is 1. The summed E-state index contributed by atoms with van der Waals surface area (Å²) in [4.78, 5) is 66.2.